The summed E-state index contributed by atoms with van der Waals surface area (Å²) in [5, 5.41) is 4.08. The number of rotatable bonds is 7. The van der Waals surface area contributed by atoms with Gasteiger partial charge in [-0.1, -0.05) is 17.2 Å². The predicted molar refractivity (Wildman–Crippen MR) is 148 cm³/mol. The van der Waals surface area contributed by atoms with Gasteiger partial charge >= 0.3 is 6.18 Å². The fraction of sp³-hybridized carbons (Fsp3) is 0.517. The second-order valence-corrected chi connectivity index (χ2v) is 11.0. The number of piperidine rings is 2. The van der Waals surface area contributed by atoms with Gasteiger partial charge in [-0.15, -0.1) is 0 Å². The first-order valence-electron chi connectivity index (χ1n) is 13.2. The molecule has 0 amide bonds. The molecule has 0 aliphatic carbocycles. The molecule has 0 bridgehead atoms. The van der Waals surface area contributed by atoms with E-state index in [9.17, 15) is 13.2 Å². The van der Waals surface area contributed by atoms with Gasteiger partial charge in [-0.2, -0.15) is 13.2 Å². The number of anilines is 3. The van der Waals surface area contributed by atoms with Crippen LogP contribution in [-0.2, 0) is 6.18 Å². The maximum Gasteiger partial charge on any atom is 0.418 e. The average molecular weight is 535 g/mol. The van der Waals surface area contributed by atoms with E-state index in [1.807, 2.05) is 12.1 Å². The van der Waals surface area contributed by atoms with E-state index >= 15 is 0 Å². The van der Waals surface area contributed by atoms with Crippen LogP contribution in [0.3, 0.4) is 0 Å². The Balaban J connectivity index is 1.25. The highest BCUT2D eigenvalue weighted by Gasteiger charge is 2.33. The van der Waals surface area contributed by atoms with Crippen molar-refractivity contribution in [2.24, 2.45) is 5.92 Å². The van der Waals surface area contributed by atoms with Crippen LogP contribution >= 0.6 is 11.6 Å². The summed E-state index contributed by atoms with van der Waals surface area (Å²) in [5.41, 5.74) is 9.05. The molecule has 37 heavy (non-hydrogen) atoms. The molecule has 202 valence electrons. The largest absolute Gasteiger partial charge is 0.418 e. The zero-order valence-electron chi connectivity index (χ0n) is 21.8. The Kier molecular flexibility index (Phi) is 8.83. The molecule has 0 unspecified atom stereocenters. The fourth-order valence-electron chi connectivity index (χ4n) is 5.62. The molecule has 0 saturated carbocycles. The Morgan fingerprint density at radius 3 is 2.22 bits per heavy atom. The highest BCUT2D eigenvalue weighted by atomic mass is 35.5. The summed E-state index contributed by atoms with van der Waals surface area (Å²) in [4.78, 5) is 4.94. The van der Waals surface area contributed by atoms with Gasteiger partial charge in [0.25, 0.3) is 0 Å². The Morgan fingerprint density at radius 2 is 1.62 bits per heavy atom. The molecule has 3 N–H and O–H groups in total. The molecule has 4 nitrogen and oxygen atoms in total. The molecule has 8 heteroatoms. The van der Waals surface area contributed by atoms with Crippen molar-refractivity contribution in [3.8, 4) is 0 Å². The van der Waals surface area contributed by atoms with Crippen molar-refractivity contribution in [3.63, 3.8) is 0 Å². The molecule has 2 fully saturated rings. The molecule has 2 aliphatic heterocycles. The van der Waals surface area contributed by atoms with E-state index in [4.69, 9.17) is 17.3 Å². The normalized spacial score (nSPS) is 17.7. The summed E-state index contributed by atoms with van der Waals surface area (Å²) in [5.74, 6) is 0.727. The summed E-state index contributed by atoms with van der Waals surface area (Å²) >= 11 is 6.03. The van der Waals surface area contributed by atoms with Crippen molar-refractivity contribution in [1.29, 1.82) is 0 Å². The number of nitrogens with zero attached hydrogens (tertiary/aromatic N) is 2. The minimum Gasteiger partial charge on any atom is -0.398 e. The molecule has 2 aliphatic rings. The molecule has 0 spiro atoms. The smallest absolute Gasteiger partial charge is 0.398 e. The number of hydrogen-bond acceptors (Lipinski definition) is 4. The van der Waals surface area contributed by atoms with Gasteiger partial charge in [-0.05, 0) is 101 Å². The van der Waals surface area contributed by atoms with Crippen molar-refractivity contribution in [2.75, 3.05) is 42.1 Å². The van der Waals surface area contributed by atoms with Crippen molar-refractivity contribution in [1.82, 2.24) is 4.90 Å². The maximum absolute atomic E-state index is 13.2. The molecule has 0 radical (unpaired) electrons. The molecule has 2 aromatic rings. The number of nitrogen functional groups attached to an aromatic ring is 1. The molecule has 2 saturated heterocycles. The molecule has 0 aromatic heterocycles. The highest BCUT2D eigenvalue weighted by Crippen LogP contribution is 2.36. The van der Waals surface area contributed by atoms with Gasteiger partial charge in [0.1, 0.15) is 0 Å². The Bertz CT molecular complexity index is 1060. The minimum atomic E-state index is -4.45. The van der Waals surface area contributed by atoms with Crippen molar-refractivity contribution in [2.45, 2.75) is 64.6 Å². The second-order valence-electron chi connectivity index (χ2n) is 10.6. The van der Waals surface area contributed by atoms with E-state index < -0.39 is 11.7 Å². The standard InChI is InChI=1S/C29H38ClF3N4/c1-20(2)28(10-3-21-11-15-36(16-12-21)25-7-4-22(30)5-8-25)37-17-13-23(14-18-37)35-24-6-9-27(34)26(19-24)29(31,32)33/h4-9,19,21,23,35H,3,10-18,34H2,1-2H3. The van der Waals surface area contributed by atoms with Crippen molar-refractivity contribution < 1.29 is 13.2 Å². The number of alkyl halides is 3. The van der Waals surface area contributed by atoms with E-state index in [1.54, 1.807) is 6.07 Å². The molecule has 0 atom stereocenters. The van der Waals surface area contributed by atoms with Crippen LogP contribution in [0.1, 0.15) is 57.9 Å². The third kappa shape index (κ3) is 7.28. The lowest BCUT2D eigenvalue weighted by atomic mass is 9.90. The Labute approximate surface area is 223 Å². The molecular weight excluding hydrogens is 497 g/mol. The minimum absolute atomic E-state index is 0.150. The first-order valence-corrected chi connectivity index (χ1v) is 13.6. The van der Waals surface area contributed by atoms with E-state index in [1.165, 1.54) is 42.3 Å². The zero-order valence-corrected chi connectivity index (χ0v) is 22.5. The van der Waals surface area contributed by atoms with E-state index in [0.29, 0.717) is 5.69 Å². The number of nitrogens with two attached hydrogens (primary N) is 1. The molecular formula is C29H38ClF3N4. The lowest BCUT2D eigenvalue weighted by molar-refractivity contribution is -0.136. The SMILES string of the molecule is CC(C)=C(CCC1CCN(c2ccc(Cl)cc2)CC1)N1CCC(Nc2ccc(N)c(C(F)(F)F)c2)CC1. The van der Waals surface area contributed by atoms with E-state index in [2.05, 4.69) is 41.1 Å². The Morgan fingerprint density at radius 1 is 0.973 bits per heavy atom. The number of benzene rings is 2. The third-order valence-corrected chi connectivity index (χ3v) is 8.03. The van der Waals surface area contributed by atoms with Gasteiger partial charge in [-0.25, -0.2) is 0 Å². The molecule has 4 rings (SSSR count). The highest BCUT2D eigenvalue weighted by molar-refractivity contribution is 6.30. The lowest BCUT2D eigenvalue weighted by Crippen LogP contribution is -2.39. The summed E-state index contributed by atoms with van der Waals surface area (Å²) in [7, 11) is 0. The van der Waals surface area contributed by atoms with Crippen LogP contribution in [0.4, 0.5) is 30.2 Å². The number of allylic oxidation sites excluding steroid dienone is 2. The van der Waals surface area contributed by atoms with Crippen LogP contribution in [0.15, 0.2) is 53.7 Å². The van der Waals surface area contributed by atoms with Crippen LogP contribution < -0.4 is 16.0 Å². The van der Waals surface area contributed by atoms with Crippen LogP contribution in [0.25, 0.3) is 0 Å². The van der Waals surface area contributed by atoms with Gasteiger partial charge in [0, 0.05) is 60.0 Å². The lowest BCUT2D eigenvalue weighted by Gasteiger charge is -2.38. The van der Waals surface area contributed by atoms with Gasteiger partial charge in [0.2, 0.25) is 0 Å². The summed E-state index contributed by atoms with van der Waals surface area (Å²) in [6.45, 7) is 8.36. The summed E-state index contributed by atoms with van der Waals surface area (Å²) in [6, 6.07) is 12.4. The van der Waals surface area contributed by atoms with Crippen LogP contribution in [0.2, 0.25) is 5.02 Å². The third-order valence-electron chi connectivity index (χ3n) is 7.78. The maximum atomic E-state index is 13.2. The van der Waals surface area contributed by atoms with E-state index in [0.717, 1.165) is 62.4 Å². The zero-order chi connectivity index (χ0) is 26.6. The van der Waals surface area contributed by atoms with E-state index in [-0.39, 0.29) is 11.7 Å². The molecule has 2 heterocycles. The second kappa shape index (κ2) is 11.9. The first kappa shape index (κ1) is 27.5. The first-order chi connectivity index (χ1) is 17.6. The van der Waals surface area contributed by atoms with Gasteiger partial charge in [0.05, 0.1) is 5.56 Å². The number of hydrogen-bond donors (Lipinski definition) is 2. The topological polar surface area (TPSA) is 44.5 Å². The average Bonchev–Trinajstić information content (AvgIpc) is 2.86. The van der Waals surface area contributed by atoms with Crippen molar-refractivity contribution in [3.05, 3.63) is 64.3 Å². The monoisotopic (exact) mass is 534 g/mol. The van der Waals surface area contributed by atoms with Gasteiger partial charge < -0.3 is 20.9 Å². The van der Waals surface area contributed by atoms with Crippen LogP contribution in [0, 0.1) is 5.92 Å². The van der Waals surface area contributed by atoms with Crippen LogP contribution in [-0.4, -0.2) is 37.1 Å². The van der Waals surface area contributed by atoms with Crippen LogP contribution in [0.5, 0.6) is 0 Å². The number of nitrogens with one attached hydrogen (secondary N) is 1. The number of halogens is 4. The van der Waals surface area contributed by atoms with Gasteiger partial charge in [-0.3, -0.25) is 0 Å². The summed E-state index contributed by atoms with van der Waals surface area (Å²) in [6.07, 6.45) is 2.01. The molecule has 2 aromatic carbocycles. The number of likely N-dealkylation sites (tertiary alicyclic amines) is 1. The quantitative estimate of drug-likeness (QED) is 0.355. The predicted octanol–water partition coefficient (Wildman–Crippen LogP) is 7.81. The fourth-order valence-corrected chi connectivity index (χ4v) is 5.74. The van der Waals surface area contributed by atoms with Crippen molar-refractivity contribution >= 4 is 28.7 Å². The summed E-state index contributed by atoms with van der Waals surface area (Å²) < 4.78 is 39.6. The van der Waals surface area contributed by atoms with Gasteiger partial charge in [0.15, 0.2) is 0 Å². The Hall–Kier alpha value is -2.54.